The monoisotopic (exact) mass is 233 g/mol. The molecule has 2 heterocycles. The van der Waals surface area contributed by atoms with Crippen molar-refractivity contribution in [3.05, 3.63) is 17.2 Å². The number of rotatable bonds is 2. The minimum absolute atomic E-state index is 0.335. The van der Waals surface area contributed by atoms with E-state index < -0.39 is 12.0 Å². The highest BCUT2D eigenvalue weighted by Crippen LogP contribution is 2.32. The van der Waals surface area contributed by atoms with Crippen LogP contribution in [0.15, 0.2) is 0 Å². The van der Waals surface area contributed by atoms with E-state index >= 15 is 0 Å². The fourth-order valence-electron chi connectivity index (χ4n) is 2.17. The van der Waals surface area contributed by atoms with Crippen LogP contribution in [0.4, 0.5) is 13.2 Å². The molecule has 2 N–H and O–H groups in total. The van der Waals surface area contributed by atoms with Crippen molar-refractivity contribution in [1.29, 1.82) is 0 Å². The highest BCUT2D eigenvalue weighted by molar-refractivity contribution is 5.21. The maximum absolute atomic E-state index is 12.7. The van der Waals surface area contributed by atoms with Crippen molar-refractivity contribution in [3.63, 3.8) is 0 Å². The lowest BCUT2D eigenvalue weighted by Gasteiger charge is -2.18. The second kappa shape index (κ2) is 4.08. The fourth-order valence-corrected chi connectivity index (χ4v) is 2.17. The third kappa shape index (κ3) is 1.93. The Bertz CT molecular complexity index is 381. The Labute approximate surface area is 91.5 Å². The van der Waals surface area contributed by atoms with E-state index in [-0.39, 0.29) is 0 Å². The first-order valence-electron chi connectivity index (χ1n) is 5.39. The summed E-state index contributed by atoms with van der Waals surface area (Å²) < 4.78 is 39.5. The summed E-state index contributed by atoms with van der Waals surface area (Å²) in [5.41, 5.74) is 6.63. The molecular weight excluding hydrogens is 219 g/mol. The summed E-state index contributed by atoms with van der Waals surface area (Å²) in [7, 11) is 0. The van der Waals surface area contributed by atoms with Crippen molar-refractivity contribution < 1.29 is 13.2 Å². The summed E-state index contributed by atoms with van der Waals surface area (Å²) in [4.78, 5) is 3.71. The Balaban J connectivity index is 2.46. The van der Waals surface area contributed by atoms with Gasteiger partial charge in [0.05, 0.1) is 5.69 Å². The molecule has 0 unspecified atom stereocenters. The van der Waals surface area contributed by atoms with Gasteiger partial charge in [-0.3, -0.25) is 0 Å². The maximum Gasteiger partial charge on any atom is 0.449 e. The SMILES string of the molecule is NCCc1nc(C(F)(F)F)n2c1CCCC2. The van der Waals surface area contributed by atoms with E-state index in [9.17, 15) is 13.2 Å². The Morgan fingerprint density at radius 1 is 1.31 bits per heavy atom. The third-order valence-corrected chi connectivity index (χ3v) is 2.84. The summed E-state index contributed by atoms with van der Waals surface area (Å²) in [6.07, 6.45) is -1.54. The molecule has 90 valence electrons. The fraction of sp³-hybridized carbons (Fsp3) is 0.700. The van der Waals surface area contributed by atoms with Crippen LogP contribution in [0, 0.1) is 0 Å². The minimum Gasteiger partial charge on any atom is -0.330 e. The third-order valence-electron chi connectivity index (χ3n) is 2.84. The Morgan fingerprint density at radius 2 is 2.06 bits per heavy atom. The smallest absolute Gasteiger partial charge is 0.330 e. The molecule has 0 saturated heterocycles. The van der Waals surface area contributed by atoms with Crippen molar-refractivity contribution in [1.82, 2.24) is 9.55 Å². The number of hydrogen-bond donors (Lipinski definition) is 1. The van der Waals surface area contributed by atoms with Gasteiger partial charge in [0.15, 0.2) is 0 Å². The molecule has 1 aliphatic heterocycles. The van der Waals surface area contributed by atoms with Crippen LogP contribution < -0.4 is 5.73 Å². The molecule has 0 radical (unpaired) electrons. The lowest BCUT2D eigenvalue weighted by molar-refractivity contribution is -0.147. The van der Waals surface area contributed by atoms with Gasteiger partial charge in [-0.1, -0.05) is 0 Å². The van der Waals surface area contributed by atoms with Gasteiger partial charge in [0.1, 0.15) is 0 Å². The summed E-state index contributed by atoms with van der Waals surface area (Å²) in [5, 5.41) is 0. The summed E-state index contributed by atoms with van der Waals surface area (Å²) in [6.45, 7) is 0.753. The molecule has 2 rings (SSSR count). The highest BCUT2D eigenvalue weighted by atomic mass is 19.4. The van der Waals surface area contributed by atoms with Crippen molar-refractivity contribution >= 4 is 0 Å². The largest absolute Gasteiger partial charge is 0.449 e. The number of imidazole rings is 1. The zero-order chi connectivity index (χ0) is 11.8. The normalized spacial score (nSPS) is 16.2. The second-order valence-corrected chi connectivity index (χ2v) is 3.97. The van der Waals surface area contributed by atoms with Gasteiger partial charge in [0.2, 0.25) is 5.82 Å². The van der Waals surface area contributed by atoms with Gasteiger partial charge < -0.3 is 10.3 Å². The van der Waals surface area contributed by atoms with Crippen LogP contribution >= 0.6 is 0 Å². The lowest BCUT2D eigenvalue weighted by atomic mass is 10.1. The number of nitrogens with zero attached hydrogens (tertiary/aromatic N) is 2. The zero-order valence-electron chi connectivity index (χ0n) is 8.85. The number of alkyl halides is 3. The molecule has 0 bridgehead atoms. The number of fused-ring (bicyclic) bond motifs is 1. The molecule has 6 heteroatoms. The summed E-state index contributed by atoms with van der Waals surface area (Å²) >= 11 is 0. The van der Waals surface area contributed by atoms with Crippen LogP contribution in [0.5, 0.6) is 0 Å². The molecule has 1 aliphatic rings. The molecule has 0 atom stereocenters. The van der Waals surface area contributed by atoms with Crippen LogP contribution in [0.1, 0.15) is 30.1 Å². The number of nitrogens with two attached hydrogens (primary N) is 1. The quantitative estimate of drug-likeness (QED) is 0.845. The van der Waals surface area contributed by atoms with Gasteiger partial charge in [0, 0.05) is 18.7 Å². The van der Waals surface area contributed by atoms with Gasteiger partial charge in [0.25, 0.3) is 0 Å². The Hall–Kier alpha value is -1.04. The van der Waals surface area contributed by atoms with E-state index in [1.165, 1.54) is 4.57 Å². The molecule has 1 aromatic rings. The maximum atomic E-state index is 12.7. The predicted molar refractivity (Wildman–Crippen MR) is 52.9 cm³/mol. The molecule has 0 spiro atoms. The summed E-state index contributed by atoms with van der Waals surface area (Å²) in [5.74, 6) is -0.759. The topological polar surface area (TPSA) is 43.8 Å². The van der Waals surface area contributed by atoms with E-state index in [4.69, 9.17) is 5.73 Å². The van der Waals surface area contributed by atoms with Crippen LogP contribution in [-0.2, 0) is 25.6 Å². The van der Waals surface area contributed by atoms with Gasteiger partial charge in [-0.05, 0) is 25.8 Å². The van der Waals surface area contributed by atoms with E-state index in [0.717, 1.165) is 18.5 Å². The van der Waals surface area contributed by atoms with E-state index in [0.29, 0.717) is 31.6 Å². The first kappa shape index (κ1) is 11.4. The van der Waals surface area contributed by atoms with E-state index in [2.05, 4.69) is 4.98 Å². The molecule has 0 aliphatic carbocycles. The minimum atomic E-state index is -4.36. The van der Waals surface area contributed by atoms with Crippen molar-refractivity contribution in [2.45, 2.75) is 38.4 Å². The molecule has 1 aromatic heterocycles. The molecule has 0 fully saturated rings. The Morgan fingerprint density at radius 3 is 2.69 bits per heavy atom. The predicted octanol–water partition coefficient (Wildman–Crippen LogP) is 1.74. The molecule has 16 heavy (non-hydrogen) atoms. The summed E-state index contributed by atoms with van der Waals surface area (Å²) in [6, 6.07) is 0. The van der Waals surface area contributed by atoms with Gasteiger partial charge in [-0.15, -0.1) is 0 Å². The number of hydrogen-bond acceptors (Lipinski definition) is 2. The van der Waals surface area contributed by atoms with Gasteiger partial charge in [-0.2, -0.15) is 13.2 Å². The molecular formula is C10H14F3N3. The highest BCUT2D eigenvalue weighted by Gasteiger charge is 2.39. The standard InChI is InChI=1S/C10H14F3N3/c11-10(12,13)9-15-7(4-5-14)8-3-1-2-6-16(8)9/h1-6,14H2. The molecule has 3 nitrogen and oxygen atoms in total. The van der Waals surface area contributed by atoms with Crippen molar-refractivity contribution in [2.75, 3.05) is 6.54 Å². The zero-order valence-corrected chi connectivity index (χ0v) is 8.85. The van der Waals surface area contributed by atoms with Gasteiger partial charge in [-0.25, -0.2) is 4.98 Å². The molecule has 0 saturated carbocycles. The van der Waals surface area contributed by atoms with Crippen LogP contribution in [0.2, 0.25) is 0 Å². The molecule has 0 amide bonds. The van der Waals surface area contributed by atoms with Crippen LogP contribution in [0.25, 0.3) is 0 Å². The van der Waals surface area contributed by atoms with Crippen LogP contribution in [0.3, 0.4) is 0 Å². The Kier molecular flexibility index (Phi) is 2.92. The molecule has 0 aromatic carbocycles. The second-order valence-electron chi connectivity index (χ2n) is 3.97. The van der Waals surface area contributed by atoms with E-state index in [1.807, 2.05) is 0 Å². The number of halogens is 3. The average Bonchev–Trinajstić information content (AvgIpc) is 2.58. The van der Waals surface area contributed by atoms with Crippen LogP contribution in [-0.4, -0.2) is 16.1 Å². The van der Waals surface area contributed by atoms with Crippen molar-refractivity contribution in [3.8, 4) is 0 Å². The first-order chi connectivity index (χ1) is 7.54. The van der Waals surface area contributed by atoms with Crippen molar-refractivity contribution in [2.24, 2.45) is 5.73 Å². The number of aromatic nitrogens is 2. The average molecular weight is 233 g/mol. The van der Waals surface area contributed by atoms with E-state index in [1.54, 1.807) is 0 Å². The lowest BCUT2D eigenvalue weighted by Crippen LogP contribution is -2.19. The van der Waals surface area contributed by atoms with Gasteiger partial charge >= 0.3 is 6.18 Å². The first-order valence-corrected chi connectivity index (χ1v) is 5.39.